The smallest absolute Gasteiger partial charge is 0.101 e. The highest BCUT2D eigenvalue weighted by atomic mass is 79.9. The van der Waals surface area contributed by atoms with Crippen LogP contribution in [-0.4, -0.2) is 0 Å². The van der Waals surface area contributed by atoms with Crippen molar-refractivity contribution >= 4 is 26.7 Å². The van der Waals surface area contributed by atoms with Crippen LogP contribution >= 0.6 is 15.9 Å². The highest BCUT2D eigenvalue weighted by Gasteiger charge is 2.06. The molecule has 0 bridgehead atoms. The Balaban J connectivity index is 2.18. The normalized spacial score (nSPS) is 10.0. The molecule has 0 aliphatic rings. The summed E-state index contributed by atoms with van der Waals surface area (Å²) in [6, 6.07) is 21.8. The van der Waals surface area contributed by atoms with Gasteiger partial charge in [0.1, 0.15) is 12.1 Å². The summed E-state index contributed by atoms with van der Waals surface area (Å²) in [5.41, 5.74) is 3.03. The van der Waals surface area contributed by atoms with Crippen molar-refractivity contribution in [1.29, 1.82) is 10.5 Å². The molecule has 0 atom stereocenters. The largest absolute Gasteiger partial charge is 0.192 e. The lowest BCUT2D eigenvalue weighted by atomic mass is 9.98. The van der Waals surface area contributed by atoms with Gasteiger partial charge < -0.3 is 0 Å². The molecule has 3 rings (SSSR count). The SMILES string of the molecule is N#Cc1cc2ccc(-c3ccc(Br)cc3)cc2cc1C#N. The Morgan fingerprint density at radius 1 is 0.667 bits per heavy atom. The van der Waals surface area contributed by atoms with E-state index in [1.807, 2.05) is 42.5 Å². The summed E-state index contributed by atoms with van der Waals surface area (Å²) in [7, 11) is 0. The molecule has 2 nitrogen and oxygen atoms in total. The van der Waals surface area contributed by atoms with Crippen LogP contribution in [0.25, 0.3) is 21.9 Å². The molecule has 3 aromatic carbocycles. The summed E-state index contributed by atoms with van der Waals surface area (Å²) in [6.45, 7) is 0. The van der Waals surface area contributed by atoms with E-state index in [1.54, 1.807) is 12.1 Å². The molecule has 0 aromatic heterocycles. The lowest BCUT2D eigenvalue weighted by Gasteiger charge is -2.06. The van der Waals surface area contributed by atoms with E-state index in [2.05, 4.69) is 28.1 Å². The standard InChI is InChI=1S/C18H9BrN2/c19-18-5-3-12(4-6-18)13-1-2-14-8-16(10-20)17(11-21)9-15(14)7-13/h1-9H. The van der Waals surface area contributed by atoms with Crippen molar-refractivity contribution < 1.29 is 0 Å². The van der Waals surface area contributed by atoms with Crippen LogP contribution in [0.4, 0.5) is 0 Å². The molecule has 0 heterocycles. The van der Waals surface area contributed by atoms with Gasteiger partial charge in [0.25, 0.3) is 0 Å². The van der Waals surface area contributed by atoms with Crippen molar-refractivity contribution in [2.24, 2.45) is 0 Å². The maximum atomic E-state index is 9.12. The van der Waals surface area contributed by atoms with Gasteiger partial charge in [0.2, 0.25) is 0 Å². The second kappa shape index (κ2) is 5.40. The van der Waals surface area contributed by atoms with Crippen LogP contribution < -0.4 is 0 Å². The Hall–Kier alpha value is -2.62. The molecule has 0 saturated carbocycles. The number of fused-ring (bicyclic) bond motifs is 1. The van der Waals surface area contributed by atoms with Crippen LogP contribution in [-0.2, 0) is 0 Å². The van der Waals surface area contributed by atoms with E-state index in [0.717, 1.165) is 26.4 Å². The van der Waals surface area contributed by atoms with Gasteiger partial charge in [0.15, 0.2) is 0 Å². The molecule has 0 amide bonds. The van der Waals surface area contributed by atoms with Gasteiger partial charge in [0.05, 0.1) is 11.1 Å². The number of nitrogens with zero attached hydrogens (tertiary/aromatic N) is 2. The Morgan fingerprint density at radius 3 is 1.86 bits per heavy atom. The zero-order valence-corrected chi connectivity index (χ0v) is 12.6. The molecule has 98 valence electrons. The van der Waals surface area contributed by atoms with Gasteiger partial charge in [-0.15, -0.1) is 0 Å². The first-order chi connectivity index (χ1) is 10.2. The molecule has 3 heteroatoms. The number of rotatable bonds is 1. The topological polar surface area (TPSA) is 47.6 Å². The monoisotopic (exact) mass is 332 g/mol. The molecule has 0 radical (unpaired) electrons. The van der Waals surface area contributed by atoms with E-state index < -0.39 is 0 Å². The van der Waals surface area contributed by atoms with Crippen LogP contribution in [0.15, 0.2) is 59.1 Å². The lowest BCUT2D eigenvalue weighted by molar-refractivity contribution is 1.44. The Morgan fingerprint density at radius 2 is 1.24 bits per heavy atom. The van der Waals surface area contributed by atoms with Gasteiger partial charge in [0, 0.05) is 4.47 Å². The van der Waals surface area contributed by atoms with E-state index in [4.69, 9.17) is 10.5 Å². The Labute approximate surface area is 131 Å². The first kappa shape index (κ1) is 13.4. The summed E-state index contributed by atoms with van der Waals surface area (Å²) in [4.78, 5) is 0. The molecule has 0 unspecified atom stereocenters. The quantitative estimate of drug-likeness (QED) is 0.628. The minimum absolute atomic E-state index is 0.415. The van der Waals surface area contributed by atoms with Crippen LogP contribution in [0.5, 0.6) is 0 Å². The number of hydrogen-bond acceptors (Lipinski definition) is 2. The molecule has 0 aliphatic carbocycles. The van der Waals surface area contributed by atoms with E-state index in [-0.39, 0.29) is 0 Å². The Bertz CT molecular complexity index is 913. The lowest BCUT2D eigenvalue weighted by Crippen LogP contribution is -1.86. The Kier molecular flexibility index (Phi) is 3.44. The molecular weight excluding hydrogens is 324 g/mol. The van der Waals surface area contributed by atoms with Crippen molar-refractivity contribution in [1.82, 2.24) is 0 Å². The minimum atomic E-state index is 0.415. The summed E-state index contributed by atoms with van der Waals surface area (Å²) in [5, 5.41) is 20.1. The third-order valence-corrected chi connectivity index (χ3v) is 3.92. The average molecular weight is 333 g/mol. The molecule has 0 spiro atoms. The molecule has 0 saturated heterocycles. The maximum Gasteiger partial charge on any atom is 0.101 e. The molecule has 0 N–H and O–H groups in total. The van der Waals surface area contributed by atoms with Crippen molar-refractivity contribution in [3.8, 4) is 23.3 Å². The number of hydrogen-bond donors (Lipinski definition) is 0. The van der Waals surface area contributed by atoms with E-state index in [9.17, 15) is 0 Å². The number of benzene rings is 3. The van der Waals surface area contributed by atoms with Gasteiger partial charge in [-0.2, -0.15) is 10.5 Å². The molecule has 21 heavy (non-hydrogen) atoms. The first-order valence-electron chi connectivity index (χ1n) is 6.35. The van der Waals surface area contributed by atoms with Gasteiger partial charge in [-0.1, -0.05) is 40.2 Å². The highest BCUT2D eigenvalue weighted by Crippen LogP contribution is 2.27. The van der Waals surface area contributed by atoms with E-state index in [0.29, 0.717) is 11.1 Å². The summed E-state index contributed by atoms with van der Waals surface area (Å²) >= 11 is 3.43. The number of halogens is 1. The van der Waals surface area contributed by atoms with Gasteiger partial charge >= 0.3 is 0 Å². The second-order valence-corrected chi connectivity index (χ2v) is 5.61. The van der Waals surface area contributed by atoms with Crippen molar-refractivity contribution in [2.75, 3.05) is 0 Å². The fourth-order valence-electron chi connectivity index (χ4n) is 2.30. The average Bonchev–Trinajstić information content (AvgIpc) is 2.53. The van der Waals surface area contributed by atoms with Crippen LogP contribution in [0.1, 0.15) is 11.1 Å². The third kappa shape index (κ3) is 2.52. The van der Waals surface area contributed by atoms with Gasteiger partial charge in [-0.25, -0.2) is 0 Å². The van der Waals surface area contributed by atoms with Gasteiger partial charge in [-0.3, -0.25) is 0 Å². The molecule has 0 aliphatic heterocycles. The van der Waals surface area contributed by atoms with Crippen molar-refractivity contribution in [3.63, 3.8) is 0 Å². The van der Waals surface area contributed by atoms with E-state index in [1.165, 1.54) is 0 Å². The van der Waals surface area contributed by atoms with E-state index >= 15 is 0 Å². The molecular formula is C18H9BrN2. The van der Waals surface area contributed by atoms with Crippen molar-refractivity contribution in [2.45, 2.75) is 0 Å². The summed E-state index contributed by atoms with van der Waals surface area (Å²) < 4.78 is 1.04. The molecule has 0 fully saturated rings. The van der Waals surface area contributed by atoms with Gasteiger partial charge in [-0.05, 0) is 52.2 Å². The molecule has 3 aromatic rings. The predicted octanol–water partition coefficient (Wildman–Crippen LogP) is 5.01. The summed E-state index contributed by atoms with van der Waals surface area (Å²) in [5.74, 6) is 0. The zero-order chi connectivity index (χ0) is 14.8. The second-order valence-electron chi connectivity index (χ2n) is 4.69. The highest BCUT2D eigenvalue weighted by molar-refractivity contribution is 9.10. The van der Waals surface area contributed by atoms with Crippen LogP contribution in [0.3, 0.4) is 0 Å². The minimum Gasteiger partial charge on any atom is -0.192 e. The maximum absolute atomic E-state index is 9.12. The number of nitriles is 2. The van der Waals surface area contributed by atoms with Crippen molar-refractivity contribution in [3.05, 3.63) is 70.2 Å². The fourth-order valence-corrected chi connectivity index (χ4v) is 2.57. The van der Waals surface area contributed by atoms with Crippen LogP contribution in [0.2, 0.25) is 0 Å². The zero-order valence-electron chi connectivity index (χ0n) is 11.0. The third-order valence-electron chi connectivity index (χ3n) is 3.40. The summed E-state index contributed by atoms with van der Waals surface area (Å²) in [6.07, 6.45) is 0. The van der Waals surface area contributed by atoms with Crippen LogP contribution in [0, 0.1) is 22.7 Å². The fraction of sp³-hybridized carbons (Fsp3) is 0. The predicted molar refractivity (Wildman–Crippen MR) is 86.5 cm³/mol. The first-order valence-corrected chi connectivity index (χ1v) is 7.14.